The van der Waals surface area contributed by atoms with Crippen LogP contribution in [-0.2, 0) is 9.59 Å². The number of anilines is 2. The molecule has 0 fully saturated rings. The van der Waals surface area contributed by atoms with Crippen LogP contribution < -0.4 is 15.4 Å². The maximum atomic E-state index is 12.1. The van der Waals surface area contributed by atoms with E-state index >= 15 is 0 Å². The van der Waals surface area contributed by atoms with E-state index in [4.69, 9.17) is 4.74 Å². The lowest BCUT2D eigenvalue weighted by molar-refractivity contribution is -0.116. The van der Waals surface area contributed by atoms with Gasteiger partial charge in [-0.25, -0.2) is 0 Å². The third-order valence-electron chi connectivity index (χ3n) is 3.46. The van der Waals surface area contributed by atoms with Crippen LogP contribution in [0.3, 0.4) is 0 Å². The predicted molar refractivity (Wildman–Crippen MR) is 95.9 cm³/mol. The molecule has 6 nitrogen and oxygen atoms in total. The Bertz CT molecular complexity index is 769. The smallest absolute Gasteiger partial charge is 0.224 e. The Morgan fingerprint density at radius 1 is 0.920 bits per heavy atom. The van der Waals surface area contributed by atoms with E-state index < -0.39 is 0 Å². The van der Waals surface area contributed by atoms with Gasteiger partial charge in [-0.15, -0.1) is 0 Å². The number of hydrogen-bond acceptors (Lipinski definition) is 4. The van der Waals surface area contributed by atoms with Crippen molar-refractivity contribution in [1.29, 1.82) is 0 Å². The maximum absolute atomic E-state index is 12.1. The monoisotopic (exact) mass is 340 g/mol. The van der Waals surface area contributed by atoms with Crippen molar-refractivity contribution in [2.24, 2.45) is 0 Å². The summed E-state index contributed by atoms with van der Waals surface area (Å²) in [7, 11) is 1.54. The third kappa shape index (κ3) is 5.76. The summed E-state index contributed by atoms with van der Waals surface area (Å²) in [5, 5.41) is 5.37. The number of carbonyl (C=O) groups excluding carboxylic acids is 3. The fourth-order valence-electron chi connectivity index (χ4n) is 2.23. The molecule has 0 aromatic heterocycles. The highest BCUT2D eigenvalue weighted by molar-refractivity contribution is 6.00. The number of ketones is 1. The van der Waals surface area contributed by atoms with Gasteiger partial charge in [0.1, 0.15) is 5.75 Å². The van der Waals surface area contributed by atoms with Crippen LogP contribution >= 0.6 is 0 Å². The van der Waals surface area contributed by atoms with E-state index in [1.807, 2.05) is 0 Å². The molecule has 0 atom stereocenters. The zero-order valence-electron chi connectivity index (χ0n) is 14.2. The van der Waals surface area contributed by atoms with Crippen LogP contribution in [-0.4, -0.2) is 24.7 Å². The second-order valence-electron chi connectivity index (χ2n) is 5.46. The zero-order valence-corrected chi connectivity index (χ0v) is 14.2. The van der Waals surface area contributed by atoms with E-state index in [-0.39, 0.29) is 30.4 Å². The van der Waals surface area contributed by atoms with Crippen LogP contribution in [0.1, 0.15) is 30.1 Å². The summed E-state index contributed by atoms with van der Waals surface area (Å²) in [6, 6.07) is 13.6. The van der Waals surface area contributed by atoms with E-state index in [9.17, 15) is 14.4 Å². The first-order chi connectivity index (χ1) is 12.0. The summed E-state index contributed by atoms with van der Waals surface area (Å²) in [5.41, 5.74) is 1.78. The van der Waals surface area contributed by atoms with Crippen LogP contribution in [0.2, 0.25) is 0 Å². The molecule has 0 heterocycles. The molecule has 2 aromatic rings. The molecule has 2 amide bonds. The largest absolute Gasteiger partial charge is 0.497 e. The molecule has 0 bridgehead atoms. The van der Waals surface area contributed by atoms with Gasteiger partial charge in [0.25, 0.3) is 0 Å². The highest BCUT2D eigenvalue weighted by Gasteiger charge is 2.10. The molecule has 0 aliphatic carbocycles. The van der Waals surface area contributed by atoms with Crippen LogP contribution in [0, 0.1) is 0 Å². The minimum absolute atomic E-state index is 0.0868. The van der Waals surface area contributed by atoms with Gasteiger partial charge >= 0.3 is 0 Å². The minimum Gasteiger partial charge on any atom is -0.497 e. The van der Waals surface area contributed by atoms with Gasteiger partial charge in [-0.05, 0) is 36.4 Å². The fourth-order valence-corrected chi connectivity index (χ4v) is 2.23. The molecular weight excluding hydrogens is 320 g/mol. The lowest BCUT2D eigenvalue weighted by atomic mass is 10.1. The van der Waals surface area contributed by atoms with Crippen molar-refractivity contribution in [3.63, 3.8) is 0 Å². The first-order valence-electron chi connectivity index (χ1n) is 7.82. The van der Waals surface area contributed by atoms with Crippen molar-refractivity contribution < 1.29 is 19.1 Å². The van der Waals surface area contributed by atoms with Crippen LogP contribution in [0.25, 0.3) is 0 Å². The van der Waals surface area contributed by atoms with Gasteiger partial charge in [0.05, 0.1) is 7.11 Å². The molecule has 25 heavy (non-hydrogen) atoms. The quantitative estimate of drug-likeness (QED) is 0.758. The summed E-state index contributed by atoms with van der Waals surface area (Å²) < 4.78 is 5.09. The minimum atomic E-state index is -0.247. The van der Waals surface area contributed by atoms with E-state index in [2.05, 4.69) is 10.6 Å². The molecule has 0 aliphatic heterocycles. The Hall–Kier alpha value is -3.15. The number of Topliss-reactive ketones (excluding diaryl/α,β-unsaturated/α-hetero) is 1. The van der Waals surface area contributed by atoms with Crippen molar-refractivity contribution in [2.45, 2.75) is 19.8 Å². The molecule has 0 unspecified atom stereocenters. The summed E-state index contributed by atoms with van der Waals surface area (Å²) >= 11 is 0. The first kappa shape index (κ1) is 18.2. The van der Waals surface area contributed by atoms with Gasteiger partial charge in [0, 0.05) is 36.7 Å². The van der Waals surface area contributed by atoms with E-state index in [1.165, 1.54) is 14.0 Å². The van der Waals surface area contributed by atoms with Crippen molar-refractivity contribution >= 4 is 29.0 Å². The van der Waals surface area contributed by atoms with E-state index in [0.29, 0.717) is 22.7 Å². The second-order valence-corrected chi connectivity index (χ2v) is 5.46. The zero-order chi connectivity index (χ0) is 18.2. The van der Waals surface area contributed by atoms with Gasteiger partial charge in [0.15, 0.2) is 5.78 Å². The number of benzene rings is 2. The Morgan fingerprint density at radius 3 is 2.16 bits per heavy atom. The molecule has 0 saturated heterocycles. The highest BCUT2D eigenvalue weighted by atomic mass is 16.5. The van der Waals surface area contributed by atoms with E-state index in [0.717, 1.165) is 0 Å². The van der Waals surface area contributed by atoms with Crippen molar-refractivity contribution in [1.82, 2.24) is 0 Å². The third-order valence-corrected chi connectivity index (χ3v) is 3.46. The summed E-state index contributed by atoms with van der Waals surface area (Å²) in [5.74, 6) is 0.0842. The number of amides is 2. The molecule has 0 spiro atoms. The molecule has 2 aromatic carbocycles. The summed E-state index contributed by atoms with van der Waals surface area (Å²) in [6.07, 6.45) is 0.201. The fraction of sp³-hybridized carbons (Fsp3) is 0.211. The average Bonchev–Trinajstić information content (AvgIpc) is 2.61. The molecule has 2 rings (SSSR count). The van der Waals surface area contributed by atoms with Crippen molar-refractivity contribution in [3.05, 3.63) is 54.1 Å². The average molecular weight is 340 g/mol. The lowest BCUT2D eigenvalue weighted by Gasteiger charge is -2.07. The van der Waals surface area contributed by atoms with Gasteiger partial charge in [0.2, 0.25) is 11.8 Å². The van der Waals surface area contributed by atoms with Crippen LogP contribution in [0.15, 0.2) is 48.5 Å². The van der Waals surface area contributed by atoms with Crippen molar-refractivity contribution in [3.8, 4) is 5.75 Å². The molecular formula is C19H20N2O4. The normalized spacial score (nSPS) is 10.0. The first-order valence-corrected chi connectivity index (χ1v) is 7.82. The van der Waals surface area contributed by atoms with Crippen molar-refractivity contribution in [2.75, 3.05) is 17.7 Å². The molecule has 2 N–H and O–H groups in total. The SMILES string of the molecule is COc1cccc(C(=O)CCC(=O)Nc2ccc(NC(C)=O)cc2)c1. The Balaban J connectivity index is 1.85. The topological polar surface area (TPSA) is 84.5 Å². The standard InChI is InChI=1S/C19H20N2O4/c1-13(22)20-15-6-8-16(9-7-15)21-19(24)11-10-18(23)14-4-3-5-17(12-14)25-2/h3-9,12H,10-11H2,1-2H3,(H,20,22)(H,21,24). The van der Waals surface area contributed by atoms with E-state index in [1.54, 1.807) is 48.5 Å². The van der Waals surface area contributed by atoms with Gasteiger partial charge in [-0.1, -0.05) is 12.1 Å². The summed E-state index contributed by atoms with van der Waals surface area (Å²) in [6.45, 7) is 1.43. The van der Waals surface area contributed by atoms with Gasteiger partial charge in [-0.3, -0.25) is 14.4 Å². The number of methoxy groups -OCH3 is 1. The Labute approximate surface area is 146 Å². The second kappa shape index (κ2) is 8.63. The molecule has 0 saturated carbocycles. The van der Waals surface area contributed by atoms with Gasteiger partial charge < -0.3 is 15.4 Å². The number of rotatable bonds is 7. The number of ether oxygens (including phenoxy) is 1. The number of nitrogens with one attached hydrogen (secondary N) is 2. The van der Waals surface area contributed by atoms with Gasteiger partial charge in [-0.2, -0.15) is 0 Å². The number of carbonyl (C=O) groups is 3. The number of hydrogen-bond donors (Lipinski definition) is 2. The summed E-state index contributed by atoms with van der Waals surface area (Å²) in [4.78, 5) is 35.1. The molecule has 0 radical (unpaired) electrons. The Kier molecular flexibility index (Phi) is 6.28. The predicted octanol–water partition coefficient (Wildman–Crippen LogP) is 3.26. The molecule has 6 heteroatoms. The maximum Gasteiger partial charge on any atom is 0.224 e. The molecule has 130 valence electrons. The van der Waals surface area contributed by atoms with Crippen LogP contribution in [0.5, 0.6) is 5.75 Å². The Morgan fingerprint density at radius 2 is 1.56 bits per heavy atom. The van der Waals surface area contributed by atoms with Crippen LogP contribution in [0.4, 0.5) is 11.4 Å². The lowest BCUT2D eigenvalue weighted by Crippen LogP contribution is -2.13. The highest BCUT2D eigenvalue weighted by Crippen LogP contribution is 2.16. The molecule has 0 aliphatic rings.